The number of nitrogens with zero attached hydrogens (tertiary/aromatic N) is 2. The molecule has 0 saturated carbocycles. The Balaban J connectivity index is 2.06. The van der Waals surface area contributed by atoms with Crippen LogP contribution in [0.2, 0.25) is 5.15 Å². The van der Waals surface area contributed by atoms with E-state index in [0.29, 0.717) is 11.3 Å². The monoisotopic (exact) mass is 302 g/mol. The zero-order valence-electron chi connectivity index (χ0n) is 11.4. The van der Waals surface area contributed by atoms with E-state index in [0.717, 1.165) is 31.1 Å². The summed E-state index contributed by atoms with van der Waals surface area (Å²) in [5.74, 6) is -0.295. The van der Waals surface area contributed by atoms with Gasteiger partial charge in [-0.1, -0.05) is 43.7 Å². The van der Waals surface area contributed by atoms with Gasteiger partial charge in [0.1, 0.15) is 0 Å². The lowest BCUT2D eigenvalue weighted by Gasteiger charge is -2.38. The molecule has 1 aliphatic heterocycles. The standard InChI is InChI=1S/C13H19ClN2O2S/c1-13(2,3)8-4-6-16(7-5-8)12-15-10(14)9(19-12)11(17)18/h8H,4-7H2,1-3H3,(H,17,18). The molecule has 0 atom stereocenters. The molecule has 4 nitrogen and oxygen atoms in total. The van der Waals surface area contributed by atoms with E-state index in [4.69, 9.17) is 16.7 Å². The number of anilines is 1. The van der Waals surface area contributed by atoms with Crippen LogP contribution in [-0.2, 0) is 0 Å². The zero-order valence-corrected chi connectivity index (χ0v) is 13.0. The van der Waals surface area contributed by atoms with Gasteiger partial charge >= 0.3 is 5.97 Å². The third-order valence-electron chi connectivity index (χ3n) is 3.76. The lowest BCUT2D eigenvalue weighted by molar-refractivity contribution is 0.0702. The smallest absolute Gasteiger partial charge is 0.349 e. The Hall–Kier alpha value is -0.810. The Labute approximate surface area is 122 Å². The number of carboxylic acid groups (broad SMARTS) is 1. The summed E-state index contributed by atoms with van der Waals surface area (Å²) in [6.07, 6.45) is 2.23. The first-order valence-electron chi connectivity index (χ1n) is 6.43. The molecule has 0 radical (unpaired) electrons. The summed E-state index contributed by atoms with van der Waals surface area (Å²) in [7, 11) is 0. The minimum absolute atomic E-state index is 0.102. The average Bonchev–Trinajstić information content (AvgIpc) is 2.70. The number of carbonyl (C=O) groups is 1. The predicted molar refractivity (Wildman–Crippen MR) is 78.5 cm³/mol. The minimum atomic E-state index is -1.00. The normalized spacial score (nSPS) is 17.8. The molecule has 0 aliphatic carbocycles. The number of hydrogen-bond acceptors (Lipinski definition) is 4. The van der Waals surface area contributed by atoms with Crippen molar-refractivity contribution in [3.63, 3.8) is 0 Å². The van der Waals surface area contributed by atoms with Crippen LogP contribution in [0.4, 0.5) is 5.13 Å². The molecule has 1 N–H and O–H groups in total. The Morgan fingerprint density at radius 1 is 1.42 bits per heavy atom. The summed E-state index contributed by atoms with van der Waals surface area (Å²) in [4.78, 5) is 17.4. The Bertz CT molecular complexity index is 473. The molecule has 0 unspecified atom stereocenters. The van der Waals surface area contributed by atoms with Gasteiger partial charge in [0.25, 0.3) is 0 Å². The van der Waals surface area contributed by atoms with Crippen molar-refractivity contribution < 1.29 is 9.90 Å². The van der Waals surface area contributed by atoms with Gasteiger partial charge in [0.15, 0.2) is 15.2 Å². The summed E-state index contributed by atoms with van der Waals surface area (Å²) < 4.78 is 0. The van der Waals surface area contributed by atoms with Crippen molar-refractivity contribution in [1.82, 2.24) is 4.98 Å². The number of halogens is 1. The van der Waals surface area contributed by atoms with Gasteiger partial charge in [0, 0.05) is 13.1 Å². The average molecular weight is 303 g/mol. The van der Waals surface area contributed by atoms with Crippen molar-refractivity contribution in [1.29, 1.82) is 0 Å². The van der Waals surface area contributed by atoms with Crippen molar-refractivity contribution in [2.24, 2.45) is 11.3 Å². The SMILES string of the molecule is CC(C)(C)C1CCN(c2nc(Cl)c(C(=O)O)s2)CC1. The topological polar surface area (TPSA) is 53.4 Å². The molecule has 6 heteroatoms. The van der Waals surface area contributed by atoms with Gasteiger partial charge in [-0.15, -0.1) is 0 Å². The second kappa shape index (κ2) is 5.29. The number of carboxylic acids is 1. The highest BCUT2D eigenvalue weighted by molar-refractivity contribution is 7.18. The summed E-state index contributed by atoms with van der Waals surface area (Å²) in [6, 6.07) is 0. The number of thiazole rings is 1. The second-order valence-electron chi connectivity index (χ2n) is 6.05. The number of aromatic carboxylic acids is 1. The Morgan fingerprint density at radius 3 is 2.42 bits per heavy atom. The third kappa shape index (κ3) is 3.20. The number of aromatic nitrogens is 1. The van der Waals surface area contributed by atoms with Crippen molar-refractivity contribution in [2.45, 2.75) is 33.6 Å². The summed E-state index contributed by atoms with van der Waals surface area (Å²) in [6.45, 7) is 8.66. The number of piperidine rings is 1. The quantitative estimate of drug-likeness (QED) is 0.904. The molecular formula is C13H19ClN2O2S. The first-order chi connectivity index (χ1) is 8.79. The van der Waals surface area contributed by atoms with Gasteiger partial charge in [-0.2, -0.15) is 0 Å². The maximum atomic E-state index is 11.0. The molecule has 0 bridgehead atoms. The molecule has 106 valence electrons. The van der Waals surface area contributed by atoms with E-state index in [1.165, 1.54) is 11.3 Å². The lowest BCUT2D eigenvalue weighted by Crippen LogP contribution is -2.37. The molecule has 1 saturated heterocycles. The summed E-state index contributed by atoms with van der Waals surface area (Å²) in [5.41, 5.74) is 0.332. The predicted octanol–water partition coefficient (Wildman–Crippen LogP) is 3.76. The first kappa shape index (κ1) is 14.6. The molecule has 1 aromatic heterocycles. The second-order valence-corrected chi connectivity index (χ2v) is 7.38. The molecule has 1 fully saturated rings. The molecule has 0 aromatic carbocycles. The largest absolute Gasteiger partial charge is 0.477 e. The lowest BCUT2D eigenvalue weighted by atomic mass is 9.75. The Morgan fingerprint density at radius 2 is 2.00 bits per heavy atom. The zero-order chi connectivity index (χ0) is 14.2. The maximum absolute atomic E-state index is 11.0. The van der Waals surface area contributed by atoms with E-state index in [1.807, 2.05) is 0 Å². The van der Waals surface area contributed by atoms with Crippen LogP contribution in [0.3, 0.4) is 0 Å². The molecule has 1 aliphatic rings. The van der Waals surface area contributed by atoms with E-state index in [1.54, 1.807) is 0 Å². The van der Waals surface area contributed by atoms with Crippen LogP contribution in [0.1, 0.15) is 43.3 Å². The van der Waals surface area contributed by atoms with Gasteiger partial charge < -0.3 is 10.0 Å². The fourth-order valence-electron chi connectivity index (χ4n) is 2.49. The van der Waals surface area contributed by atoms with E-state index < -0.39 is 5.97 Å². The van der Waals surface area contributed by atoms with Crippen LogP contribution in [0, 0.1) is 11.3 Å². The van der Waals surface area contributed by atoms with Crippen molar-refractivity contribution >= 4 is 34.0 Å². The molecule has 19 heavy (non-hydrogen) atoms. The van der Waals surface area contributed by atoms with Gasteiger partial charge in [-0.3, -0.25) is 0 Å². The highest BCUT2D eigenvalue weighted by Gasteiger charge is 2.30. The van der Waals surface area contributed by atoms with Crippen LogP contribution in [0.15, 0.2) is 0 Å². The Kier molecular flexibility index (Phi) is 4.06. The van der Waals surface area contributed by atoms with E-state index in [9.17, 15) is 4.79 Å². The maximum Gasteiger partial charge on any atom is 0.349 e. The van der Waals surface area contributed by atoms with Gasteiger partial charge in [0.05, 0.1) is 0 Å². The van der Waals surface area contributed by atoms with Crippen molar-refractivity contribution in [3.8, 4) is 0 Å². The third-order valence-corrected chi connectivity index (χ3v) is 5.25. The number of hydrogen-bond donors (Lipinski definition) is 1. The van der Waals surface area contributed by atoms with Gasteiger partial charge in [0.2, 0.25) is 0 Å². The van der Waals surface area contributed by atoms with Crippen molar-refractivity contribution in [3.05, 3.63) is 10.0 Å². The molecule has 0 amide bonds. The van der Waals surface area contributed by atoms with E-state index >= 15 is 0 Å². The summed E-state index contributed by atoms with van der Waals surface area (Å²) >= 11 is 7.02. The van der Waals surface area contributed by atoms with Gasteiger partial charge in [-0.05, 0) is 24.2 Å². The van der Waals surface area contributed by atoms with E-state index in [2.05, 4.69) is 30.7 Å². The molecular weight excluding hydrogens is 284 g/mol. The fraction of sp³-hybridized carbons (Fsp3) is 0.692. The van der Waals surface area contributed by atoms with Crippen LogP contribution in [-0.4, -0.2) is 29.1 Å². The molecule has 2 heterocycles. The molecule has 1 aromatic rings. The van der Waals surface area contributed by atoms with Crippen molar-refractivity contribution in [2.75, 3.05) is 18.0 Å². The van der Waals surface area contributed by atoms with E-state index in [-0.39, 0.29) is 10.0 Å². The highest BCUT2D eigenvalue weighted by Crippen LogP contribution is 2.37. The minimum Gasteiger partial charge on any atom is -0.477 e. The van der Waals surface area contributed by atoms with Crippen LogP contribution < -0.4 is 4.90 Å². The summed E-state index contributed by atoms with van der Waals surface area (Å²) in [5, 5.41) is 9.83. The van der Waals surface area contributed by atoms with Crippen LogP contribution in [0.5, 0.6) is 0 Å². The fourth-order valence-corrected chi connectivity index (χ4v) is 3.67. The highest BCUT2D eigenvalue weighted by atomic mass is 35.5. The molecule has 0 spiro atoms. The van der Waals surface area contributed by atoms with Crippen LogP contribution >= 0.6 is 22.9 Å². The van der Waals surface area contributed by atoms with Crippen LogP contribution in [0.25, 0.3) is 0 Å². The molecule has 2 rings (SSSR count). The number of rotatable bonds is 2. The first-order valence-corrected chi connectivity index (χ1v) is 7.63. The van der Waals surface area contributed by atoms with Gasteiger partial charge in [-0.25, -0.2) is 9.78 Å².